The number of hydrogen-bond acceptors (Lipinski definition) is 7. The Balaban J connectivity index is 1.28. The van der Waals surface area contributed by atoms with Crippen LogP contribution in [-0.4, -0.2) is 47.6 Å². The van der Waals surface area contributed by atoms with Gasteiger partial charge in [-0.2, -0.15) is 4.98 Å². The normalized spacial score (nSPS) is 17.6. The van der Waals surface area contributed by atoms with Crippen molar-refractivity contribution in [3.63, 3.8) is 0 Å². The van der Waals surface area contributed by atoms with Crippen molar-refractivity contribution in [2.75, 3.05) is 36.2 Å². The average Bonchev–Trinajstić information content (AvgIpc) is 2.84. The fourth-order valence-corrected chi connectivity index (χ4v) is 4.28. The van der Waals surface area contributed by atoms with Gasteiger partial charge in [0.1, 0.15) is 11.6 Å². The zero-order chi connectivity index (χ0) is 24.9. The van der Waals surface area contributed by atoms with Crippen LogP contribution in [0.1, 0.15) is 25.7 Å². The lowest BCUT2D eigenvalue weighted by Crippen LogP contribution is -2.36. The van der Waals surface area contributed by atoms with Crippen molar-refractivity contribution in [2.45, 2.75) is 31.7 Å². The fraction of sp³-hybridized carbons (Fsp3) is 0.375. The second-order valence-corrected chi connectivity index (χ2v) is 8.90. The number of benzene rings is 2. The van der Waals surface area contributed by atoms with Gasteiger partial charge in [0, 0.05) is 44.2 Å². The molecule has 0 aliphatic heterocycles. The molecule has 3 N–H and O–H groups in total. The zero-order valence-corrected chi connectivity index (χ0v) is 19.6. The minimum absolute atomic E-state index is 0.225. The lowest BCUT2D eigenvalue weighted by atomic mass is 9.86. The number of nitrogens with one attached hydrogen (secondary N) is 3. The van der Waals surface area contributed by atoms with E-state index in [1.165, 1.54) is 0 Å². The molecule has 0 radical (unpaired) electrons. The standard InChI is InChI=1S/C24H28FN7O3/c1-31(2)22-18-5-3-4-6-20(18)28-23(30-22)27-16-9-7-15(8-10-16)14-26-24(33)29-21-13-17(32(34)35)11-12-19(21)25/h3-6,11-13,15-16H,7-10,14H2,1-2H3,(H2,26,29,33)(H,27,28,30)/t15-,16+. The highest BCUT2D eigenvalue weighted by molar-refractivity contribution is 5.90. The van der Waals surface area contributed by atoms with E-state index in [9.17, 15) is 19.3 Å². The van der Waals surface area contributed by atoms with Crippen LogP contribution in [0, 0.1) is 21.8 Å². The van der Waals surface area contributed by atoms with Gasteiger partial charge in [-0.3, -0.25) is 10.1 Å². The number of halogens is 1. The highest BCUT2D eigenvalue weighted by Crippen LogP contribution is 2.28. The number of carbonyl (C=O) groups excluding carboxylic acids is 1. The Hall–Kier alpha value is -4.02. The molecule has 4 rings (SSSR count). The Morgan fingerprint density at radius 1 is 1.14 bits per heavy atom. The molecular formula is C24H28FN7O3. The second kappa shape index (κ2) is 10.5. The number of nitro benzene ring substituents is 1. The second-order valence-electron chi connectivity index (χ2n) is 8.90. The summed E-state index contributed by atoms with van der Waals surface area (Å²) in [7, 11) is 3.92. The summed E-state index contributed by atoms with van der Waals surface area (Å²) in [6.07, 6.45) is 3.61. The largest absolute Gasteiger partial charge is 0.362 e. The minimum Gasteiger partial charge on any atom is -0.362 e. The number of nitro groups is 1. The molecule has 0 atom stereocenters. The van der Waals surface area contributed by atoms with Crippen molar-refractivity contribution in [1.82, 2.24) is 15.3 Å². The Morgan fingerprint density at radius 3 is 2.60 bits per heavy atom. The van der Waals surface area contributed by atoms with E-state index in [-0.39, 0.29) is 23.3 Å². The number of fused-ring (bicyclic) bond motifs is 1. The number of carbonyl (C=O) groups is 1. The third kappa shape index (κ3) is 5.92. The molecule has 1 heterocycles. The molecule has 1 aliphatic rings. The molecule has 0 bridgehead atoms. The number of nitrogens with zero attached hydrogens (tertiary/aromatic N) is 4. The number of aromatic nitrogens is 2. The van der Waals surface area contributed by atoms with Crippen molar-refractivity contribution in [3.05, 3.63) is 58.4 Å². The van der Waals surface area contributed by atoms with Crippen LogP contribution in [0.3, 0.4) is 0 Å². The van der Waals surface area contributed by atoms with Gasteiger partial charge in [-0.25, -0.2) is 14.2 Å². The van der Waals surface area contributed by atoms with Gasteiger partial charge in [-0.15, -0.1) is 0 Å². The minimum atomic E-state index is -0.731. The molecule has 3 aromatic rings. The van der Waals surface area contributed by atoms with E-state index in [2.05, 4.69) is 20.9 Å². The maximum atomic E-state index is 13.9. The van der Waals surface area contributed by atoms with Crippen LogP contribution in [0.25, 0.3) is 10.9 Å². The molecule has 2 aromatic carbocycles. The molecular weight excluding hydrogens is 453 g/mol. The predicted octanol–water partition coefficient (Wildman–Crippen LogP) is 4.54. The van der Waals surface area contributed by atoms with Gasteiger partial charge in [0.05, 0.1) is 16.1 Å². The molecule has 11 heteroatoms. The molecule has 0 spiro atoms. The van der Waals surface area contributed by atoms with Crippen molar-refractivity contribution < 1.29 is 14.1 Å². The van der Waals surface area contributed by atoms with Crippen molar-refractivity contribution in [1.29, 1.82) is 0 Å². The summed E-state index contributed by atoms with van der Waals surface area (Å²) in [6, 6.07) is 10.6. The highest BCUT2D eigenvalue weighted by atomic mass is 19.1. The van der Waals surface area contributed by atoms with Crippen molar-refractivity contribution >= 4 is 40.1 Å². The van der Waals surface area contributed by atoms with E-state index in [1.54, 1.807) is 0 Å². The van der Waals surface area contributed by atoms with Gasteiger partial charge in [0.25, 0.3) is 5.69 Å². The molecule has 1 saturated carbocycles. The van der Waals surface area contributed by atoms with E-state index in [0.717, 1.165) is 60.6 Å². The Bertz CT molecular complexity index is 1230. The van der Waals surface area contributed by atoms with Crippen LogP contribution in [0.15, 0.2) is 42.5 Å². The Kier molecular flexibility index (Phi) is 7.23. The van der Waals surface area contributed by atoms with Crippen LogP contribution in [-0.2, 0) is 0 Å². The summed E-state index contributed by atoms with van der Waals surface area (Å²) in [5, 5.41) is 20.4. The fourth-order valence-electron chi connectivity index (χ4n) is 4.28. The molecule has 10 nitrogen and oxygen atoms in total. The van der Waals surface area contributed by atoms with Crippen molar-refractivity contribution in [2.24, 2.45) is 5.92 Å². The number of anilines is 3. The molecule has 1 aromatic heterocycles. The highest BCUT2D eigenvalue weighted by Gasteiger charge is 2.23. The third-order valence-electron chi connectivity index (χ3n) is 6.15. The topological polar surface area (TPSA) is 125 Å². The number of non-ortho nitro benzene ring substituents is 1. The van der Waals surface area contributed by atoms with Crippen LogP contribution in [0.4, 0.5) is 32.3 Å². The smallest absolute Gasteiger partial charge is 0.319 e. The van der Waals surface area contributed by atoms with Crippen LogP contribution >= 0.6 is 0 Å². The van der Waals surface area contributed by atoms with Crippen molar-refractivity contribution in [3.8, 4) is 0 Å². The van der Waals surface area contributed by atoms with Crippen LogP contribution in [0.5, 0.6) is 0 Å². The summed E-state index contributed by atoms with van der Waals surface area (Å²) < 4.78 is 13.9. The number of rotatable bonds is 7. The van der Waals surface area contributed by atoms with Crippen LogP contribution < -0.4 is 20.9 Å². The maximum Gasteiger partial charge on any atom is 0.319 e. The lowest BCUT2D eigenvalue weighted by molar-refractivity contribution is -0.384. The van der Waals surface area contributed by atoms with Crippen LogP contribution in [0.2, 0.25) is 0 Å². The predicted molar refractivity (Wildman–Crippen MR) is 133 cm³/mol. The van der Waals surface area contributed by atoms with Gasteiger partial charge >= 0.3 is 6.03 Å². The first-order valence-electron chi connectivity index (χ1n) is 11.5. The third-order valence-corrected chi connectivity index (χ3v) is 6.15. The summed E-state index contributed by atoms with van der Waals surface area (Å²) >= 11 is 0. The van der Waals surface area contributed by atoms with E-state index < -0.39 is 16.8 Å². The van der Waals surface area contributed by atoms with Gasteiger partial charge in [0.15, 0.2) is 0 Å². The zero-order valence-electron chi connectivity index (χ0n) is 19.6. The monoisotopic (exact) mass is 481 g/mol. The summed E-state index contributed by atoms with van der Waals surface area (Å²) in [5.74, 6) is 1.02. The SMILES string of the molecule is CN(C)c1nc(N[C@H]2CC[C@@H](CNC(=O)Nc3cc([N+](=O)[O-])ccc3F)CC2)nc2ccccc12. The van der Waals surface area contributed by atoms with E-state index in [0.29, 0.717) is 12.5 Å². The molecule has 35 heavy (non-hydrogen) atoms. The van der Waals surface area contributed by atoms with E-state index in [4.69, 9.17) is 4.98 Å². The number of para-hydroxylation sites is 1. The van der Waals surface area contributed by atoms with Gasteiger partial charge in [0.2, 0.25) is 5.95 Å². The van der Waals surface area contributed by atoms with Gasteiger partial charge in [-0.05, 0) is 49.8 Å². The Labute approximate surface area is 202 Å². The maximum absolute atomic E-state index is 13.9. The van der Waals surface area contributed by atoms with Gasteiger partial charge in [-0.1, -0.05) is 12.1 Å². The van der Waals surface area contributed by atoms with E-state index >= 15 is 0 Å². The molecule has 2 amide bonds. The number of urea groups is 1. The molecule has 0 saturated heterocycles. The van der Waals surface area contributed by atoms with E-state index in [1.807, 2.05) is 43.3 Å². The number of amides is 2. The molecule has 1 fully saturated rings. The first-order valence-corrected chi connectivity index (χ1v) is 11.5. The lowest BCUT2D eigenvalue weighted by Gasteiger charge is -2.29. The quantitative estimate of drug-likeness (QED) is 0.334. The molecule has 1 aliphatic carbocycles. The first kappa shape index (κ1) is 24.1. The average molecular weight is 482 g/mol. The summed E-state index contributed by atoms with van der Waals surface area (Å²) in [5.41, 5.74) is 0.371. The van der Waals surface area contributed by atoms with Gasteiger partial charge < -0.3 is 20.9 Å². The summed E-state index contributed by atoms with van der Waals surface area (Å²) in [6.45, 7) is 0.437. The first-order chi connectivity index (χ1) is 16.8. The molecule has 0 unspecified atom stereocenters. The number of hydrogen-bond donors (Lipinski definition) is 3. The Morgan fingerprint density at radius 2 is 1.89 bits per heavy atom. The summed E-state index contributed by atoms with van der Waals surface area (Å²) in [4.78, 5) is 33.8. The molecule has 184 valence electrons.